The maximum absolute atomic E-state index is 12.6. The second-order valence-electron chi connectivity index (χ2n) is 6.45. The van der Waals surface area contributed by atoms with Crippen molar-refractivity contribution in [1.82, 2.24) is 14.9 Å². The van der Waals surface area contributed by atoms with E-state index in [1.807, 2.05) is 24.3 Å². The second-order valence-corrected chi connectivity index (χ2v) is 8.38. The topological polar surface area (TPSA) is 83.0 Å². The summed E-state index contributed by atoms with van der Waals surface area (Å²) in [5.74, 6) is 1.41. The molecule has 0 amide bonds. The lowest BCUT2D eigenvalue weighted by atomic mass is 9.98. The molecule has 0 unspecified atom stereocenters. The number of rotatable bonds is 6. The summed E-state index contributed by atoms with van der Waals surface area (Å²) in [5.41, 5.74) is -4.21. The van der Waals surface area contributed by atoms with Crippen LogP contribution in [0.1, 0.15) is 18.4 Å². The number of hydrogen-bond donors (Lipinski definition) is 2. The van der Waals surface area contributed by atoms with Crippen LogP contribution in [0.25, 0.3) is 0 Å². The highest BCUT2D eigenvalue weighted by atomic mass is 32.2. The summed E-state index contributed by atoms with van der Waals surface area (Å²) >= 11 is 0. The third kappa shape index (κ3) is 5.74. The maximum atomic E-state index is 12.6. The van der Waals surface area contributed by atoms with Crippen LogP contribution in [0.2, 0.25) is 0 Å². The molecular formula is C17H25F3N4O3S. The summed E-state index contributed by atoms with van der Waals surface area (Å²) in [6.45, 7) is 0.784. The van der Waals surface area contributed by atoms with Crippen molar-refractivity contribution in [3.63, 3.8) is 0 Å². The Hall–Kier alpha value is -2.01. The number of methoxy groups -OCH3 is 1. The first-order valence-corrected chi connectivity index (χ1v) is 10.2. The van der Waals surface area contributed by atoms with E-state index in [1.165, 1.54) is 0 Å². The monoisotopic (exact) mass is 422 g/mol. The van der Waals surface area contributed by atoms with Gasteiger partial charge in [0.1, 0.15) is 5.75 Å². The summed E-state index contributed by atoms with van der Waals surface area (Å²) in [6, 6.07) is 7.57. The van der Waals surface area contributed by atoms with E-state index in [0.717, 1.165) is 11.3 Å². The molecule has 1 heterocycles. The van der Waals surface area contributed by atoms with Crippen molar-refractivity contribution in [3.05, 3.63) is 29.8 Å². The number of hydrogen-bond acceptors (Lipinski definition) is 4. The molecule has 1 saturated heterocycles. The Bertz CT molecular complexity index is 759. The van der Waals surface area contributed by atoms with E-state index >= 15 is 0 Å². The van der Waals surface area contributed by atoms with Crippen molar-refractivity contribution in [3.8, 4) is 5.75 Å². The third-order valence-corrected chi connectivity index (χ3v) is 6.24. The van der Waals surface area contributed by atoms with Crippen LogP contribution in [0, 0.1) is 5.92 Å². The Morgan fingerprint density at radius 3 is 2.32 bits per heavy atom. The Morgan fingerprint density at radius 1 is 1.21 bits per heavy atom. The largest absolute Gasteiger partial charge is 0.511 e. The number of nitrogens with zero attached hydrogens (tertiary/aromatic N) is 2. The highest BCUT2D eigenvalue weighted by molar-refractivity contribution is 7.90. The standard InChI is InChI=1S/C17H25F3N4O3S/c1-21-16(22-11-13-3-5-15(27-2)6-4-13)23-12-14-7-9-24(10-8-14)28(25,26)17(18,19)20/h3-6,14H,7-12H2,1-2H3,(H2,21,22,23). The Labute approximate surface area is 163 Å². The van der Waals surface area contributed by atoms with Gasteiger partial charge in [0.05, 0.1) is 7.11 Å². The molecule has 28 heavy (non-hydrogen) atoms. The molecule has 1 aromatic carbocycles. The lowest BCUT2D eigenvalue weighted by Gasteiger charge is -2.31. The number of sulfonamides is 1. The molecule has 7 nitrogen and oxygen atoms in total. The highest BCUT2D eigenvalue weighted by Crippen LogP contribution is 2.30. The van der Waals surface area contributed by atoms with E-state index in [0.29, 0.717) is 36.2 Å². The molecule has 158 valence electrons. The molecule has 11 heteroatoms. The fraction of sp³-hybridized carbons (Fsp3) is 0.588. The first-order chi connectivity index (χ1) is 13.2. The van der Waals surface area contributed by atoms with Crippen LogP contribution in [0.4, 0.5) is 13.2 Å². The quantitative estimate of drug-likeness (QED) is 0.541. The molecular weight excluding hydrogens is 397 g/mol. The minimum Gasteiger partial charge on any atom is -0.497 e. The van der Waals surface area contributed by atoms with E-state index in [9.17, 15) is 21.6 Å². The molecule has 2 rings (SSSR count). The molecule has 0 spiro atoms. The molecule has 0 radical (unpaired) electrons. The van der Waals surface area contributed by atoms with Gasteiger partial charge < -0.3 is 15.4 Å². The predicted octanol–water partition coefficient (Wildman–Crippen LogP) is 1.92. The van der Waals surface area contributed by atoms with Crippen molar-refractivity contribution in [2.75, 3.05) is 33.8 Å². The average molecular weight is 422 g/mol. The lowest BCUT2D eigenvalue weighted by molar-refractivity contribution is -0.0496. The van der Waals surface area contributed by atoms with Crippen LogP contribution >= 0.6 is 0 Å². The van der Waals surface area contributed by atoms with Crippen LogP contribution in [0.3, 0.4) is 0 Å². The van der Waals surface area contributed by atoms with Crippen LogP contribution in [-0.4, -0.2) is 58.0 Å². The summed E-state index contributed by atoms with van der Waals surface area (Å²) < 4.78 is 66.3. The third-order valence-electron chi connectivity index (χ3n) is 4.61. The Morgan fingerprint density at radius 2 is 1.82 bits per heavy atom. The SMILES string of the molecule is CN=C(NCc1ccc(OC)cc1)NCC1CCN(S(=O)(=O)C(F)(F)F)CC1. The molecule has 0 aliphatic carbocycles. The summed E-state index contributed by atoms with van der Waals surface area (Å²) in [6.07, 6.45) is 0.718. The molecule has 1 aliphatic rings. The molecule has 0 atom stereocenters. The van der Waals surface area contributed by atoms with E-state index in [4.69, 9.17) is 4.74 Å². The number of piperidine rings is 1. The minimum atomic E-state index is -5.24. The van der Waals surface area contributed by atoms with Gasteiger partial charge in [-0.3, -0.25) is 4.99 Å². The number of halogens is 3. The highest BCUT2D eigenvalue weighted by Gasteiger charge is 2.50. The number of aliphatic imine (C=N–C) groups is 1. The van der Waals surface area contributed by atoms with Crippen molar-refractivity contribution < 1.29 is 26.3 Å². The van der Waals surface area contributed by atoms with Crippen molar-refractivity contribution in [2.45, 2.75) is 24.9 Å². The minimum absolute atomic E-state index is 0.0687. The van der Waals surface area contributed by atoms with Gasteiger partial charge in [0, 0.05) is 33.2 Å². The number of alkyl halides is 3. The van der Waals surface area contributed by atoms with Gasteiger partial charge in [-0.05, 0) is 36.5 Å². The first-order valence-electron chi connectivity index (χ1n) is 8.81. The van der Waals surface area contributed by atoms with Crippen LogP contribution < -0.4 is 15.4 Å². The zero-order chi connectivity index (χ0) is 20.8. The van der Waals surface area contributed by atoms with Gasteiger partial charge in [0.25, 0.3) is 0 Å². The van der Waals surface area contributed by atoms with E-state index in [-0.39, 0.29) is 19.0 Å². The normalized spacial score (nSPS) is 17.4. The van der Waals surface area contributed by atoms with Gasteiger partial charge in [-0.1, -0.05) is 12.1 Å². The van der Waals surface area contributed by atoms with Gasteiger partial charge in [-0.25, -0.2) is 8.42 Å². The summed E-state index contributed by atoms with van der Waals surface area (Å²) in [5, 5.41) is 6.30. The average Bonchev–Trinajstić information content (AvgIpc) is 2.68. The van der Waals surface area contributed by atoms with Gasteiger partial charge in [0.2, 0.25) is 0 Å². The summed E-state index contributed by atoms with van der Waals surface area (Å²) in [4.78, 5) is 4.12. The van der Waals surface area contributed by atoms with Crippen LogP contribution in [0.5, 0.6) is 5.75 Å². The Balaban J connectivity index is 1.77. The zero-order valence-corrected chi connectivity index (χ0v) is 16.6. The zero-order valence-electron chi connectivity index (χ0n) is 15.8. The predicted molar refractivity (Wildman–Crippen MR) is 100 cm³/mol. The molecule has 1 aliphatic heterocycles. The number of ether oxygens (including phenoxy) is 1. The van der Waals surface area contributed by atoms with Gasteiger partial charge >= 0.3 is 15.5 Å². The smallest absolute Gasteiger partial charge is 0.497 e. The van der Waals surface area contributed by atoms with Crippen LogP contribution in [-0.2, 0) is 16.6 Å². The molecule has 1 aromatic rings. The molecule has 0 aromatic heterocycles. The molecule has 0 bridgehead atoms. The van der Waals surface area contributed by atoms with E-state index in [2.05, 4.69) is 15.6 Å². The molecule has 1 fully saturated rings. The maximum Gasteiger partial charge on any atom is 0.511 e. The van der Waals surface area contributed by atoms with Crippen molar-refractivity contribution in [1.29, 1.82) is 0 Å². The molecule has 0 saturated carbocycles. The first kappa shape index (κ1) is 22.3. The van der Waals surface area contributed by atoms with Gasteiger partial charge in [-0.15, -0.1) is 0 Å². The fourth-order valence-electron chi connectivity index (χ4n) is 2.89. The number of guanidine groups is 1. The lowest BCUT2D eigenvalue weighted by Crippen LogP contribution is -2.47. The van der Waals surface area contributed by atoms with E-state index in [1.54, 1.807) is 14.2 Å². The summed E-state index contributed by atoms with van der Waals surface area (Å²) in [7, 11) is -2.01. The Kier molecular flexibility index (Phi) is 7.53. The number of nitrogens with one attached hydrogen (secondary N) is 2. The second kappa shape index (κ2) is 9.46. The van der Waals surface area contributed by atoms with Gasteiger partial charge in [0.15, 0.2) is 5.96 Å². The van der Waals surface area contributed by atoms with Crippen molar-refractivity contribution >= 4 is 16.0 Å². The van der Waals surface area contributed by atoms with Crippen LogP contribution in [0.15, 0.2) is 29.3 Å². The molecule has 2 N–H and O–H groups in total. The number of benzene rings is 1. The van der Waals surface area contributed by atoms with E-state index < -0.39 is 15.5 Å². The fourth-order valence-corrected chi connectivity index (χ4v) is 3.88. The van der Waals surface area contributed by atoms with Gasteiger partial charge in [-0.2, -0.15) is 17.5 Å². The van der Waals surface area contributed by atoms with Crippen molar-refractivity contribution in [2.24, 2.45) is 10.9 Å².